The molecule has 1 aromatic carbocycles. The van der Waals surface area contributed by atoms with E-state index < -0.39 is 10.0 Å². The highest BCUT2D eigenvalue weighted by atomic mass is 32.2. The fourth-order valence-electron chi connectivity index (χ4n) is 2.65. The number of aryl methyl sites for hydroxylation is 1. The minimum absolute atomic E-state index is 0.112. The Morgan fingerprint density at radius 1 is 1.23 bits per heavy atom. The number of hydrogen-bond acceptors (Lipinski definition) is 4. The topological polar surface area (TPSA) is 63.7 Å². The first kappa shape index (κ1) is 17.0. The third-order valence-corrected chi connectivity index (χ3v) is 5.83. The second kappa shape index (κ2) is 7.74. The van der Waals surface area contributed by atoms with Crippen LogP contribution in [-0.2, 0) is 26.0 Å². The maximum atomic E-state index is 12.4. The summed E-state index contributed by atoms with van der Waals surface area (Å²) in [5, 5.41) is 0. The molecule has 1 heterocycles. The highest BCUT2D eigenvalue weighted by molar-refractivity contribution is 7.89. The summed E-state index contributed by atoms with van der Waals surface area (Å²) in [5.74, 6) is -0.259. The molecule has 0 aromatic heterocycles. The average molecular weight is 325 g/mol. The van der Waals surface area contributed by atoms with Crippen LogP contribution in [-0.4, -0.2) is 44.1 Å². The van der Waals surface area contributed by atoms with Crippen molar-refractivity contribution in [3.63, 3.8) is 0 Å². The van der Waals surface area contributed by atoms with E-state index in [2.05, 4.69) is 0 Å². The van der Waals surface area contributed by atoms with Crippen LogP contribution in [0.4, 0.5) is 0 Å². The summed E-state index contributed by atoms with van der Waals surface area (Å²) in [4.78, 5) is 11.7. The van der Waals surface area contributed by atoms with Crippen LogP contribution in [0.3, 0.4) is 0 Å². The molecule has 122 valence electrons. The molecular formula is C16H23NO4S. The maximum absolute atomic E-state index is 12.4. The van der Waals surface area contributed by atoms with Crippen molar-refractivity contribution < 1.29 is 17.9 Å². The molecule has 0 radical (unpaired) electrons. The van der Waals surface area contributed by atoms with Gasteiger partial charge in [-0.3, -0.25) is 4.79 Å². The Balaban J connectivity index is 1.85. The van der Waals surface area contributed by atoms with Crippen LogP contribution in [0, 0.1) is 5.92 Å². The van der Waals surface area contributed by atoms with E-state index in [1.165, 1.54) is 4.31 Å². The van der Waals surface area contributed by atoms with Gasteiger partial charge in [0.2, 0.25) is 10.0 Å². The highest BCUT2D eigenvalue weighted by Crippen LogP contribution is 2.21. The number of nitrogens with zero attached hydrogens (tertiary/aromatic N) is 1. The molecule has 0 saturated carbocycles. The van der Waals surface area contributed by atoms with Crippen molar-refractivity contribution in [2.24, 2.45) is 5.92 Å². The molecule has 2 rings (SSSR count). The number of benzene rings is 1. The molecule has 5 nitrogen and oxygen atoms in total. The normalized spacial score (nSPS) is 17.3. The van der Waals surface area contributed by atoms with Gasteiger partial charge in [0.15, 0.2) is 0 Å². The molecule has 0 aliphatic carbocycles. The molecule has 0 spiro atoms. The molecule has 22 heavy (non-hydrogen) atoms. The largest absolute Gasteiger partial charge is 0.466 e. The number of carbonyl (C=O) groups is 1. The second-order valence-corrected chi connectivity index (χ2v) is 7.57. The summed E-state index contributed by atoms with van der Waals surface area (Å²) >= 11 is 0. The Morgan fingerprint density at radius 2 is 1.86 bits per heavy atom. The van der Waals surface area contributed by atoms with E-state index in [-0.39, 0.29) is 17.6 Å². The lowest BCUT2D eigenvalue weighted by atomic mass is 9.98. The predicted octanol–water partition coefficient (Wildman–Crippen LogP) is 1.83. The molecule has 0 atom stereocenters. The van der Waals surface area contributed by atoms with Gasteiger partial charge >= 0.3 is 5.97 Å². The lowest BCUT2D eigenvalue weighted by Gasteiger charge is -2.30. The Labute approximate surface area is 132 Å². The quantitative estimate of drug-likeness (QED) is 0.749. The summed E-state index contributed by atoms with van der Waals surface area (Å²) in [7, 11) is -3.26. The smallest absolute Gasteiger partial charge is 0.309 e. The molecule has 1 saturated heterocycles. The minimum Gasteiger partial charge on any atom is -0.466 e. The van der Waals surface area contributed by atoms with Gasteiger partial charge in [-0.25, -0.2) is 12.7 Å². The van der Waals surface area contributed by atoms with Crippen molar-refractivity contribution in [2.75, 3.05) is 25.4 Å². The van der Waals surface area contributed by atoms with Crippen molar-refractivity contribution in [2.45, 2.75) is 26.2 Å². The average Bonchev–Trinajstić information content (AvgIpc) is 2.54. The van der Waals surface area contributed by atoms with Crippen LogP contribution in [0.1, 0.15) is 25.3 Å². The SMILES string of the molecule is CCOC(=O)C1CCN(S(=O)(=O)CCc2ccccc2)CC1. The minimum atomic E-state index is -3.26. The Hall–Kier alpha value is -1.40. The number of ether oxygens (including phenoxy) is 1. The van der Waals surface area contributed by atoms with Gasteiger partial charge in [0, 0.05) is 13.1 Å². The molecule has 1 aliphatic rings. The maximum Gasteiger partial charge on any atom is 0.309 e. The molecule has 1 aliphatic heterocycles. The van der Waals surface area contributed by atoms with Crippen LogP contribution in [0.15, 0.2) is 30.3 Å². The number of rotatable bonds is 6. The van der Waals surface area contributed by atoms with Gasteiger partial charge in [-0.05, 0) is 31.7 Å². The van der Waals surface area contributed by atoms with E-state index in [9.17, 15) is 13.2 Å². The molecular weight excluding hydrogens is 302 g/mol. The summed E-state index contributed by atoms with van der Waals surface area (Å²) in [6.45, 7) is 2.96. The number of sulfonamides is 1. The molecule has 0 amide bonds. The van der Waals surface area contributed by atoms with Gasteiger partial charge in [0.05, 0.1) is 18.3 Å². The van der Waals surface area contributed by atoms with Gasteiger partial charge < -0.3 is 4.74 Å². The summed E-state index contributed by atoms with van der Waals surface area (Å²) in [5.41, 5.74) is 1.02. The molecule has 0 bridgehead atoms. The van der Waals surface area contributed by atoms with Crippen LogP contribution in [0.2, 0.25) is 0 Å². The number of hydrogen-bond donors (Lipinski definition) is 0. The predicted molar refractivity (Wildman–Crippen MR) is 84.9 cm³/mol. The Bertz CT molecular complexity index is 577. The molecule has 1 aromatic rings. The van der Waals surface area contributed by atoms with Crippen LogP contribution in [0.25, 0.3) is 0 Å². The Morgan fingerprint density at radius 3 is 2.45 bits per heavy atom. The second-order valence-electron chi connectivity index (χ2n) is 5.48. The van der Waals surface area contributed by atoms with E-state index in [4.69, 9.17) is 4.74 Å². The van der Waals surface area contributed by atoms with Crippen molar-refractivity contribution in [3.05, 3.63) is 35.9 Å². The summed E-state index contributed by atoms with van der Waals surface area (Å²) in [6.07, 6.45) is 1.60. The van der Waals surface area contributed by atoms with Crippen LogP contribution >= 0.6 is 0 Å². The van der Waals surface area contributed by atoms with Gasteiger partial charge in [-0.2, -0.15) is 0 Å². The Kier molecular flexibility index (Phi) is 5.97. The highest BCUT2D eigenvalue weighted by Gasteiger charge is 2.31. The molecule has 0 unspecified atom stereocenters. The fraction of sp³-hybridized carbons (Fsp3) is 0.562. The lowest BCUT2D eigenvalue weighted by molar-refractivity contribution is -0.149. The zero-order chi connectivity index (χ0) is 16.0. The van der Waals surface area contributed by atoms with Crippen molar-refractivity contribution in [3.8, 4) is 0 Å². The van der Waals surface area contributed by atoms with Gasteiger partial charge in [0.1, 0.15) is 0 Å². The zero-order valence-electron chi connectivity index (χ0n) is 12.9. The molecule has 0 N–H and O–H groups in total. The third kappa shape index (κ3) is 4.55. The first-order chi connectivity index (χ1) is 10.5. The van der Waals surface area contributed by atoms with Crippen molar-refractivity contribution in [1.29, 1.82) is 0 Å². The van der Waals surface area contributed by atoms with E-state index >= 15 is 0 Å². The van der Waals surface area contributed by atoms with Gasteiger partial charge in [-0.15, -0.1) is 0 Å². The standard InChI is InChI=1S/C16H23NO4S/c1-2-21-16(18)15-8-11-17(12-9-15)22(19,20)13-10-14-6-4-3-5-7-14/h3-7,15H,2,8-13H2,1H3. The van der Waals surface area contributed by atoms with E-state index in [1.807, 2.05) is 30.3 Å². The van der Waals surface area contributed by atoms with Crippen LogP contribution in [0.5, 0.6) is 0 Å². The summed E-state index contributed by atoms with van der Waals surface area (Å²) < 4.78 is 31.2. The zero-order valence-corrected chi connectivity index (χ0v) is 13.7. The first-order valence-corrected chi connectivity index (χ1v) is 9.32. The van der Waals surface area contributed by atoms with E-state index in [1.54, 1.807) is 6.92 Å². The summed E-state index contributed by atoms with van der Waals surface area (Å²) in [6, 6.07) is 9.60. The van der Waals surface area contributed by atoms with Crippen molar-refractivity contribution >= 4 is 16.0 Å². The molecule has 6 heteroatoms. The van der Waals surface area contributed by atoms with Crippen molar-refractivity contribution in [1.82, 2.24) is 4.31 Å². The fourth-order valence-corrected chi connectivity index (χ4v) is 4.17. The lowest BCUT2D eigenvalue weighted by Crippen LogP contribution is -2.41. The number of piperidine rings is 1. The first-order valence-electron chi connectivity index (χ1n) is 7.71. The van der Waals surface area contributed by atoms with Gasteiger partial charge in [0.25, 0.3) is 0 Å². The molecule has 1 fully saturated rings. The van der Waals surface area contributed by atoms with E-state index in [0.29, 0.717) is 39.0 Å². The monoisotopic (exact) mass is 325 g/mol. The number of esters is 1. The van der Waals surface area contributed by atoms with Gasteiger partial charge in [-0.1, -0.05) is 30.3 Å². The van der Waals surface area contributed by atoms with Crippen LogP contribution < -0.4 is 0 Å². The third-order valence-electron chi connectivity index (χ3n) is 3.96. The number of carbonyl (C=O) groups excluding carboxylic acids is 1. The van der Waals surface area contributed by atoms with E-state index in [0.717, 1.165) is 5.56 Å².